The first-order valence-electron chi connectivity index (χ1n) is 5.65. The highest BCUT2D eigenvalue weighted by molar-refractivity contribution is 14.0. The number of guanidine groups is 1. The number of halogens is 1. The normalized spacial score (nSPS) is 13.2. The lowest BCUT2D eigenvalue weighted by Crippen LogP contribution is -2.44. The molecule has 0 saturated carbocycles. The van der Waals surface area contributed by atoms with Gasteiger partial charge >= 0.3 is 0 Å². The molecule has 0 aliphatic heterocycles. The Labute approximate surface area is 122 Å². The number of hydrogen-bond donors (Lipinski definition) is 2. The summed E-state index contributed by atoms with van der Waals surface area (Å²) < 4.78 is 0. The number of nitrogens with one attached hydrogen (secondary N) is 2. The van der Waals surface area contributed by atoms with Crippen LogP contribution in [-0.2, 0) is 0 Å². The van der Waals surface area contributed by atoms with E-state index in [1.807, 2.05) is 11.8 Å². The van der Waals surface area contributed by atoms with Gasteiger partial charge in [-0.05, 0) is 26.0 Å². The van der Waals surface area contributed by atoms with Crippen LogP contribution >= 0.6 is 35.7 Å². The van der Waals surface area contributed by atoms with Crippen LogP contribution in [0.3, 0.4) is 0 Å². The van der Waals surface area contributed by atoms with Crippen molar-refractivity contribution in [3.8, 4) is 0 Å². The van der Waals surface area contributed by atoms with Gasteiger partial charge in [0.1, 0.15) is 0 Å². The molecule has 16 heavy (non-hydrogen) atoms. The fourth-order valence-electron chi connectivity index (χ4n) is 0.951. The maximum absolute atomic E-state index is 4.50. The number of hydrogen-bond acceptors (Lipinski definition) is 2. The first-order chi connectivity index (χ1) is 7.11. The molecule has 0 aromatic heterocycles. The van der Waals surface area contributed by atoms with E-state index in [1.54, 1.807) is 0 Å². The average molecular weight is 359 g/mol. The summed E-state index contributed by atoms with van der Waals surface area (Å²) in [4.78, 5) is 4.50. The minimum absolute atomic E-state index is 0. The van der Waals surface area contributed by atoms with Crippen LogP contribution in [0, 0.1) is 5.92 Å². The number of thioether (sulfide) groups is 1. The van der Waals surface area contributed by atoms with Gasteiger partial charge in [0.25, 0.3) is 0 Å². The van der Waals surface area contributed by atoms with Crippen molar-refractivity contribution in [3.63, 3.8) is 0 Å². The van der Waals surface area contributed by atoms with E-state index >= 15 is 0 Å². The molecule has 0 spiro atoms. The zero-order chi connectivity index (χ0) is 11.7. The van der Waals surface area contributed by atoms with Crippen molar-refractivity contribution in [1.82, 2.24) is 10.6 Å². The fourth-order valence-corrected chi connectivity index (χ4v) is 1.22. The van der Waals surface area contributed by atoms with E-state index in [2.05, 4.69) is 49.6 Å². The third-order valence-electron chi connectivity index (χ3n) is 2.27. The summed E-state index contributed by atoms with van der Waals surface area (Å²) in [6, 6.07) is 0.456. The molecule has 0 aromatic carbocycles. The molecule has 0 amide bonds. The van der Waals surface area contributed by atoms with Crippen LogP contribution in [0.15, 0.2) is 4.99 Å². The van der Waals surface area contributed by atoms with E-state index in [4.69, 9.17) is 0 Å². The molecule has 0 bridgehead atoms. The van der Waals surface area contributed by atoms with Crippen LogP contribution in [0.5, 0.6) is 0 Å². The number of nitrogens with zero attached hydrogens (tertiary/aromatic N) is 1. The van der Waals surface area contributed by atoms with E-state index in [9.17, 15) is 0 Å². The minimum Gasteiger partial charge on any atom is -0.357 e. The van der Waals surface area contributed by atoms with Crippen LogP contribution in [0.2, 0.25) is 0 Å². The third kappa shape index (κ3) is 9.57. The molecule has 0 fully saturated rings. The summed E-state index contributed by atoms with van der Waals surface area (Å²) in [5.41, 5.74) is 0. The maximum Gasteiger partial charge on any atom is 0.191 e. The molecule has 0 aromatic rings. The van der Waals surface area contributed by atoms with E-state index < -0.39 is 0 Å². The Morgan fingerprint density at radius 2 is 1.94 bits per heavy atom. The molecule has 3 nitrogen and oxygen atoms in total. The van der Waals surface area contributed by atoms with Crippen molar-refractivity contribution in [1.29, 1.82) is 0 Å². The lowest BCUT2D eigenvalue weighted by atomic mass is 10.1. The van der Waals surface area contributed by atoms with E-state index in [0.717, 1.165) is 24.8 Å². The molecule has 0 radical (unpaired) electrons. The molecule has 1 unspecified atom stereocenters. The highest BCUT2D eigenvalue weighted by atomic mass is 127. The van der Waals surface area contributed by atoms with Gasteiger partial charge in [0.15, 0.2) is 5.96 Å². The minimum atomic E-state index is 0. The number of rotatable bonds is 6. The van der Waals surface area contributed by atoms with Gasteiger partial charge in [0, 0.05) is 18.3 Å². The maximum atomic E-state index is 4.50. The monoisotopic (exact) mass is 359 g/mol. The van der Waals surface area contributed by atoms with Crippen LogP contribution in [-0.4, -0.2) is 37.1 Å². The zero-order valence-electron chi connectivity index (χ0n) is 11.0. The second-order valence-corrected chi connectivity index (χ2v) is 4.92. The van der Waals surface area contributed by atoms with Crippen molar-refractivity contribution in [3.05, 3.63) is 0 Å². The molecular formula is C11H26IN3S. The SMILES string of the molecule is CCNC(=NCCSC)NC(C)C(C)C.I. The Kier molecular flexibility index (Phi) is 13.8. The lowest BCUT2D eigenvalue weighted by Gasteiger charge is -2.20. The smallest absolute Gasteiger partial charge is 0.191 e. The van der Waals surface area contributed by atoms with Gasteiger partial charge in [-0.3, -0.25) is 4.99 Å². The summed E-state index contributed by atoms with van der Waals surface area (Å²) in [5.74, 6) is 2.63. The summed E-state index contributed by atoms with van der Waals surface area (Å²) >= 11 is 1.82. The molecule has 5 heteroatoms. The largest absolute Gasteiger partial charge is 0.357 e. The summed E-state index contributed by atoms with van der Waals surface area (Å²) in [5, 5.41) is 6.66. The highest BCUT2D eigenvalue weighted by Crippen LogP contribution is 1.99. The molecular weight excluding hydrogens is 333 g/mol. The Morgan fingerprint density at radius 1 is 1.31 bits per heavy atom. The predicted octanol–water partition coefficient (Wildman–Crippen LogP) is 2.57. The average Bonchev–Trinajstić information content (AvgIpc) is 2.18. The van der Waals surface area contributed by atoms with Crippen molar-refractivity contribution in [2.75, 3.05) is 25.1 Å². The van der Waals surface area contributed by atoms with Crippen molar-refractivity contribution < 1.29 is 0 Å². The quantitative estimate of drug-likeness (QED) is 0.331. The second-order valence-electron chi connectivity index (χ2n) is 3.93. The van der Waals surface area contributed by atoms with E-state index in [0.29, 0.717) is 12.0 Å². The van der Waals surface area contributed by atoms with Gasteiger partial charge in [0.05, 0.1) is 6.54 Å². The van der Waals surface area contributed by atoms with Gasteiger partial charge in [-0.25, -0.2) is 0 Å². The van der Waals surface area contributed by atoms with E-state index in [1.165, 1.54) is 0 Å². The molecule has 98 valence electrons. The molecule has 0 aliphatic rings. The summed E-state index contributed by atoms with van der Waals surface area (Å²) in [6.45, 7) is 10.5. The van der Waals surface area contributed by atoms with Crippen LogP contribution in [0.4, 0.5) is 0 Å². The molecule has 1 atom stereocenters. The van der Waals surface area contributed by atoms with Gasteiger partial charge in [-0.15, -0.1) is 24.0 Å². The lowest BCUT2D eigenvalue weighted by molar-refractivity contribution is 0.481. The van der Waals surface area contributed by atoms with Gasteiger partial charge in [-0.1, -0.05) is 13.8 Å². The van der Waals surface area contributed by atoms with Crippen molar-refractivity contribution in [2.24, 2.45) is 10.9 Å². The Bertz CT molecular complexity index is 186. The van der Waals surface area contributed by atoms with Crippen LogP contribution in [0.1, 0.15) is 27.7 Å². The molecule has 0 aliphatic carbocycles. The van der Waals surface area contributed by atoms with E-state index in [-0.39, 0.29) is 24.0 Å². The van der Waals surface area contributed by atoms with Gasteiger partial charge in [0.2, 0.25) is 0 Å². The molecule has 0 rings (SSSR count). The number of aliphatic imine (C=N–C) groups is 1. The topological polar surface area (TPSA) is 36.4 Å². The summed E-state index contributed by atoms with van der Waals surface area (Å²) in [6.07, 6.45) is 2.10. The summed E-state index contributed by atoms with van der Waals surface area (Å²) in [7, 11) is 0. The zero-order valence-corrected chi connectivity index (χ0v) is 14.2. The highest BCUT2D eigenvalue weighted by Gasteiger charge is 2.08. The molecule has 2 N–H and O–H groups in total. The Balaban J connectivity index is 0. The third-order valence-corrected chi connectivity index (χ3v) is 2.86. The van der Waals surface area contributed by atoms with Gasteiger partial charge in [-0.2, -0.15) is 11.8 Å². The standard InChI is InChI=1S/C11H25N3S.HI/c1-6-12-11(13-7-8-15-5)14-10(4)9(2)3;/h9-10H,6-8H2,1-5H3,(H2,12,13,14);1H. The fraction of sp³-hybridized carbons (Fsp3) is 0.909. The van der Waals surface area contributed by atoms with Crippen molar-refractivity contribution >= 4 is 41.7 Å². The first kappa shape index (κ1) is 18.7. The van der Waals surface area contributed by atoms with Crippen LogP contribution < -0.4 is 10.6 Å². The van der Waals surface area contributed by atoms with Gasteiger partial charge < -0.3 is 10.6 Å². The Hall–Kier alpha value is 0.350. The Morgan fingerprint density at radius 3 is 2.38 bits per heavy atom. The molecule has 0 saturated heterocycles. The first-order valence-corrected chi connectivity index (χ1v) is 7.05. The second kappa shape index (κ2) is 11.8. The van der Waals surface area contributed by atoms with Crippen LogP contribution in [0.25, 0.3) is 0 Å². The predicted molar refractivity (Wildman–Crippen MR) is 87.2 cm³/mol. The van der Waals surface area contributed by atoms with Crippen molar-refractivity contribution in [2.45, 2.75) is 33.7 Å². The molecule has 0 heterocycles.